The molecule has 0 aliphatic carbocycles. The van der Waals surface area contributed by atoms with Gasteiger partial charge in [0.05, 0.1) is 19.0 Å². The zero-order valence-corrected chi connectivity index (χ0v) is 10.1. The molecular formula is C10H13F3N4O2. The Hall–Kier alpha value is -1.90. The van der Waals surface area contributed by atoms with Crippen molar-refractivity contribution in [2.24, 2.45) is 0 Å². The predicted octanol–water partition coefficient (Wildman–Crippen LogP) is 0.827. The highest BCUT2D eigenvalue weighted by Crippen LogP contribution is 2.13. The first-order valence-corrected chi connectivity index (χ1v) is 5.35. The molecule has 1 rings (SSSR count). The lowest BCUT2D eigenvalue weighted by Crippen LogP contribution is -2.29. The van der Waals surface area contributed by atoms with Crippen LogP contribution in [-0.4, -0.2) is 48.9 Å². The topological polar surface area (TPSA) is 76.1 Å². The minimum absolute atomic E-state index is 0.0413. The van der Waals surface area contributed by atoms with E-state index in [0.717, 1.165) is 0 Å². The van der Waals surface area contributed by atoms with Crippen LogP contribution in [0.5, 0.6) is 0 Å². The molecule has 19 heavy (non-hydrogen) atoms. The Morgan fingerprint density at radius 1 is 1.42 bits per heavy atom. The highest BCUT2D eigenvalue weighted by atomic mass is 19.4. The average molecular weight is 278 g/mol. The average Bonchev–Trinajstić information content (AvgIpc) is 2.37. The highest BCUT2D eigenvalue weighted by Gasteiger charge is 2.27. The van der Waals surface area contributed by atoms with E-state index >= 15 is 0 Å². The van der Waals surface area contributed by atoms with Crippen molar-refractivity contribution in [2.45, 2.75) is 6.18 Å². The quantitative estimate of drug-likeness (QED) is 0.754. The molecule has 6 nitrogen and oxygen atoms in total. The number of ether oxygens (including phenoxy) is 1. The van der Waals surface area contributed by atoms with Gasteiger partial charge in [-0.25, -0.2) is 4.98 Å². The van der Waals surface area contributed by atoms with Crippen LogP contribution in [0.25, 0.3) is 0 Å². The number of nitrogens with zero attached hydrogens (tertiary/aromatic N) is 2. The number of anilines is 1. The van der Waals surface area contributed by atoms with Gasteiger partial charge < -0.3 is 15.4 Å². The molecule has 0 aromatic carbocycles. The largest absolute Gasteiger partial charge is 0.411 e. The minimum Gasteiger partial charge on any atom is -0.372 e. The highest BCUT2D eigenvalue weighted by molar-refractivity contribution is 5.92. The fourth-order valence-corrected chi connectivity index (χ4v) is 1.11. The van der Waals surface area contributed by atoms with Crippen molar-refractivity contribution in [1.29, 1.82) is 0 Å². The number of carbonyl (C=O) groups excluding carboxylic acids is 1. The Kier molecular flexibility index (Phi) is 5.49. The van der Waals surface area contributed by atoms with Gasteiger partial charge in [0, 0.05) is 13.6 Å². The van der Waals surface area contributed by atoms with E-state index in [1.807, 2.05) is 0 Å². The molecule has 1 aromatic heterocycles. The van der Waals surface area contributed by atoms with Crippen LogP contribution >= 0.6 is 0 Å². The smallest absolute Gasteiger partial charge is 0.372 e. The van der Waals surface area contributed by atoms with E-state index in [-0.39, 0.29) is 18.8 Å². The molecule has 0 saturated carbocycles. The molecule has 0 aliphatic heterocycles. The molecule has 106 valence electrons. The standard InChI is InChI=1S/C10H13F3N4O2/c1-14-8-5-15-4-7(17-8)9(18)16-2-3-19-6-10(11,12)13/h4-5H,2-3,6H2,1H3,(H,14,17)(H,16,18). The molecule has 0 fully saturated rings. The summed E-state index contributed by atoms with van der Waals surface area (Å²) in [4.78, 5) is 19.3. The number of amides is 1. The summed E-state index contributed by atoms with van der Waals surface area (Å²) < 4.78 is 39.6. The van der Waals surface area contributed by atoms with E-state index in [4.69, 9.17) is 0 Å². The number of alkyl halides is 3. The molecule has 0 unspecified atom stereocenters. The Balaban J connectivity index is 2.31. The van der Waals surface area contributed by atoms with Crippen LogP contribution in [-0.2, 0) is 4.74 Å². The van der Waals surface area contributed by atoms with Crippen molar-refractivity contribution >= 4 is 11.7 Å². The Morgan fingerprint density at radius 2 is 2.16 bits per heavy atom. The lowest BCUT2D eigenvalue weighted by molar-refractivity contribution is -0.173. The van der Waals surface area contributed by atoms with Gasteiger partial charge in [-0.3, -0.25) is 9.78 Å². The van der Waals surface area contributed by atoms with Gasteiger partial charge in [0.15, 0.2) is 0 Å². The molecule has 2 N–H and O–H groups in total. The van der Waals surface area contributed by atoms with E-state index in [2.05, 4.69) is 25.3 Å². The molecule has 0 aliphatic rings. The van der Waals surface area contributed by atoms with E-state index < -0.39 is 18.7 Å². The number of nitrogens with one attached hydrogen (secondary N) is 2. The maximum Gasteiger partial charge on any atom is 0.411 e. The number of carbonyl (C=O) groups is 1. The van der Waals surface area contributed by atoms with Crippen molar-refractivity contribution < 1.29 is 22.7 Å². The van der Waals surface area contributed by atoms with Crippen molar-refractivity contribution in [3.05, 3.63) is 18.1 Å². The second-order valence-electron chi connectivity index (χ2n) is 3.46. The van der Waals surface area contributed by atoms with Crippen LogP contribution in [0.1, 0.15) is 10.5 Å². The Labute approximate surface area is 107 Å². The summed E-state index contributed by atoms with van der Waals surface area (Å²) >= 11 is 0. The molecule has 0 atom stereocenters. The first-order chi connectivity index (χ1) is 8.92. The monoisotopic (exact) mass is 278 g/mol. The Morgan fingerprint density at radius 3 is 2.79 bits per heavy atom. The van der Waals surface area contributed by atoms with Gasteiger partial charge in [-0.2, -0.15) is 13.2 Å². The van der Waals surface area contributed by atoms with Crippen molar-refractivity contribution in [3.8, 4) is 0 Å². The van der Waals surface area contributed by atoms with Crippen LogP contribution in [0.2, 0.25) is 0 Å². The molecule has 0 saturated heterocycles. The summed E-state index contributed by atoms with van der Waals surface area (Å²) in [6.07, 6.45) is -1.67. The van der Waals surface area contributed by atoms with E-state index in [0.29, 0.717) is 5.82 Å². The lowest BCUT2D eigenvalue weighted by Gasteiger charge is -2.08. The van der Waals surface area contributed by atoms with E-state index in [9.17, 15) is 18.0 Å². The SMILES string of the molecule is CNc1cncc(C(=O)NCCOCC(F)(F)F)n1. The fourth-order valence-electron chi connectivity index (χ4n) is 1.11. The summed E-state index contributed by atoms with van der Waals surface area (Å²) in [6.45, 7) is -1.61. The van der Waals surface area contributed by atoms with Crippen LogP contribution in [0.15, 0.2) is 12.4 Å². The molecule has 0 bridgehead atoms. The fraction of sp³-hybridized carbons (Fsp3) is 0.500. The van der Waals surface area contributed by atoms with Gasteiger partial charge in [0.25, 0.3) is 5.91 Å². The third kappa shape index (κ3) is 6.00. The molecule has 0 radical (unpaired) electrons. The number of hydrogen-bond acceptors (Lipinski definition) is 5. The maximum absolute atomic E-state index is 11.8. The molecule has 1 amide bonds. The van der Waals surface area contributed by atoms with Crippen LogP contribution in [0.3, 0.4) is 0 Å². The number of halogens is 3. The second kappa shape index (κ2) is 6.88. The second-order valence-corrected chi connectivity index (χ2v) is 3.46. The summed E-state index contributed by atoms with van der Waals surface area (Å²) in [7, 11) is 1.62. The van der Waals surface area contributed by atoms with Crippen LogP contribution < -0.4 is 10.6 Å². The molecule has 0 spiro atoms. The summed E-state index contributed by atoms with van der Waals surface area (Å²) in [5.41, 5.74) is 0.0719. The van der Waals surface area contributed by atoms with Crippen molar-refractivity contribution in [1.82, 2.24) is 15.3 Å². The summed E-state index contributed by atoms with van der Waals surface area (Å²) in [6, 6.07) is 0. The Bertz CT molecular complexity index is 425. The lowest BCUT2D eigenvalue weighted by atomic mass is 10.4. The maximum atomic E-state index is 11.8. The normalized spacial score (nSPS) is 11.2. The van der Waals surface area contributed by atoms with Crippen LogP contribution in [0, 0.1) is 0 Å². The molecule has 1 heterocycles. The van der Waals surface area contributed by atoms with Gasteiger partial charge in [-0.1, -0.05) is 0 Å². The third-order valence-electron chi connectivity index (χ3n) is 1.92. The zero-order valence-electron chi connectivity index (χ0n) is 10.1. The number of rotatable bonds is 6. The van der Waals surface area contributed by atoms with E-state index in [1.165, 1.54) is 12.4 Å². The molecular weight excluding hydrogens is 265 g/mol. The third-order valence-corrected chi connectivity index (χ3v) is 1.92. The van der Waals surface area contributed by atoms with Gasteiger partial charge in [0.1, 0.15) is 18.1 Å². The molecule has 1 aromatic rings. The number of hydrogen-bond donors (Lipinski definition) is 2. The zero-order chi connectivity index (χ0) is 14.3. The number of aromatic nitrogens is 2. The predicted molar refractivity (Wildman–Crippen MR) is 60.8 cm³/mol. The van der Waals surface area contributed by atoms with Gasteiger partial charge in [-0.15, -0.1) is 0 Å². The van der Waals surface area contributed by atoms with Crippen molar-refractivity contribution in [2.75, 3.05) is 32.1 Å². The summed E-state index contributed by atoms with van der Waals surface area (Å²) in [5, 5.41) is 5.09. The van der Waals surface area contributed by atoms with Crippen molar-refractivity contribution in [3.63, 3.8) is 0 Å². The van der Waals surface area contributed by atoms with Gasteiger partial charge >= 0.3 is 6.18 Å². The van der Waals surface area contributed by atoms with Gasteiger partial charge in [-0.05, 0) is 0 Å². The first kappa shape index (κ1) is 15.2. The van der Waals surface area contributed by atoms with Crippen LogP contribution in [0.4, 0.5) is 19.0 Å². The summed E-state index contributed by atoms with van der Waals surface area (Å²) in [5.74, 6) is -0.110. The van der Waals surface area contributed by atoms with Gasteiger partial charge in [0.2, 0.25) is 0 Å². The minimum atomic E-state index is -4.36. The first-order valence-electron chi connectivity index (χ1n) is 5.35. The molecule has 9 heteroatoms. The van der Waals surface area contributed by atoms with E-state index in [1.54, 1.807) is 7.05 Å².